The number of carbonyl (C=O) groups is 1. The Morgan fingerprint density at radius 1 is 1.00 bits per heavy atom. The second-order valence-corrected chi connectivity index (χ2v) is 6.34. The number of nitrogens with one attached hydrogen (secondary N) is 1. The molecule has 4 rings (SSSR count). The van der Waals surface area contributed by atoms with Crippen LogP contribution in [-0.4, -0.2) is 25.5 Å². The Labute approximate surface area is 161 Å². The van der Waals surface area contributed by atoms with Crippen LogP contribution >= 0.6 is 0 Å². The lowest BCUT2D eigenvalue weighted by Crippen LogP contribution is -2.23. The topological polar surface area (TPSA) is 64.7 Å². The summed E-state index contributed by atoms with van der Waals surface area (Å²) in [7, 11) is 0. The molecule has 0 aliphatic heterocycles. The average Bonchev–Trinajstić information content (AvgIpc) is 3.34. The number of hydrogen-bond donors (Lipinski definition) is 1. The molecule has 140 valence electrons. The lowest BCUT2D eigenvalue weighted by atomic mass is 10.2. The molecule has 0 aliphatic carbocycles. The maximum absolute atomic E-state index is 13.1. The van der Waals surface area contributed by atoms with Gasteiger partial charge in [-0.1, -0.05) is 18.2 Å². The van der Waals surface area contributed by atoms with Crippen molar-refractivity contribution in [2.75, 3.05) is 0 Å². The number of rotatable bonds is 5. The number of nitrogens with zero attached hydrogens (tertiary/aromatic N) is 4. The number of aromatic nitrogens is 4. The summed E-state index contributed by atoms with van der Waals surface area (Å²) < 4.78 is 16.5. The van der Waals surface area contributed by atoms with Crippen LogP contribution in [0.4, 0.5) is 4.39 Å². The zero-order valence-corrected chi connectivity index (χ0v) is 15.2. The van der Waals surface area contributed by atoms with E-state index in [0.717, 1.165) is 11.3 Å². The number of carbonyl (C=O) groups excluding carboxylic acids is 1. The van der Waals surface area contributed by atoms with Crippen LogP contribution in [0.25, 0.3) is 11.4 Å². The molecule has 0 spiro atoms. The Kier molecular flexibility index (Phi) is 4.72. The fourth-order valence-corrected chi connectivity index (χ4v) is 2.93. The molecule has 0 atom stereocenters. The third-order valence-electron chi connectivity index (χ3n) is 4.44. The Hall–Kier alpha value is -3.74. The number of benzene rings is 2. The molecule has 7 heteroatoms. The van der Waals surface area contributed by atoms with Crippen LogP contribution in [0.2, 0.25) is 0 Å². The van der Waals surface area contributed by atoms with Crippen molar-refractivity contribution < 1.29 is 9.18 Å². The van der Waals surface area contributed by atoms with Crippen LogP contribution < -0.4 is 5.32 Å². The Balaban J connectivity index is 1.45. The van der Waals surface area contributed by atoms with Crippen LogP contribution in [0, 0.1) is 12.7 Å². The quantitative estimate of drug-likeness (QED) is 0.581. The van der Waals surface area contributed by atoms with Crippen molar-refractivity contribution in [2.45, 2.75) is 13.5 Å². The second-order valence-electron chi connectivity index (χ2n) is 6.34. The second kappa shape index (κ2) is 7.48. The van der Waals surface area contributed by atoms with E-state index in [1.807, 2.05) is 36.5 Å². The number of hydrogen-bond acceptors (Lipinski definition) is 3. The SMILES string of the molecule is Cc1c(C(=O)NCc2cnn(-c3ccccc3)c2)cnn1-c1ccc(F)cc1. The Bertz CT molecular complexity index is 1100. The normalized spacial score (nSPS) is 10.8. The van der Waals surface area contributed by atoms with Gasteiger partial charge in [0.2, 0.25) is 0 Å². The van der Waals surface area contributed by atoms with Crippen molar-refractivity contribution in [3.63, 3.8) is 0 Å². The van der Waals surface area contributed by atoms with E-state index in [-0.39, 0.29) is 11.7 Å². The molecule has 28 heavy (non-hydrogen) atoms. The van der Waals surface area contributed by atoms with Gasteiger partial charge in [-0.3, -0.25) is 4.79 Å². The summed E-state index contributed by atoms with van der Waals surface area (Å²) in [4.78, 5) is 12.6. The molecule has 1 amide bonds. The van der Waals surface area contributed by atoms with Crippen molar-refractivity contribution >= 4 is 5.91 Å². The van der Waals surface area contributed by atoms with Gasteiger partial charge in [-0.15, -0.1) is 0 Å². The number of halogens is 1. The highest BCUT2D eigenvalue weighted by molar-refractivity contribution is 5.95. The fourth-order valence-electron chi connectivity index (χ4n) is 2.93. The predicted octanol–water partition coefficient (Wildman–Crippen LogP) is 3.44. The van der Waals surface area contributed by atoms with E-state index in [1.165, 1.54) is 18.3 Å². The predicted molar refractivity (Wildman–Crippen MR) is 103 cm³/mol. The molecule has 0 bridgehead atoms. The third-order valence-corrected chi connectivity index (χ3v) is 4.44. The van der Waals surface area contributed by atoms with Gasteiger partial charge >= 0.3 is 0 Å². The van der Waals surface area contributed by atoms with E-state index in [2.05, 4.69) is 15.5 Å². The molecule has 2 heterocycles. The molecule has 1 N–H and O–H groups in total. The van der Waals surface area contributed by atoms with E-state index < -0.39 is 0 Å². The minimum atomic E-state index is -0.317. The lowest BCUT2D eigenvalue weighted by molar-refractivity contribution is 0.0950. The van der Waals surface area contributed by atoms with Crippen LogP contribution in [0.3, 0.4) is 0 Å². The van der Waals surface area contributed by atoms with E-state index >= 15 is 0 Å². The summed E-state index contributed by atoms with van der Waals surface area (Å²) in [5, 5.41) is 11.5. The summed E-state index contributed by atoms with van der Waals surface area (Å²) >= 11 is 0. The zero-order chi connectivity index (χ0) is 19.5. The molecule has 0 radical (unpaired) electrons. The summed E-state index contributed by atoms with van der Waals surface area (Å²) in [6.07, 6.45) is 5.12. The molecule has 4 aromatic rings. The van der Waals surface area contributed by atoms with E-state index in [4.69, 9.17) is 0 Å². The smallest absolute Gasteiger partial charge is 0.255 e. The molecule has 0 saturated carbocycles. The summed E-state index contributed by atoms with van der Waals surface area (Å²) in [5.41, 5.74) is 3.70. The van der Waals surface area contributed by atoms with E-state index in [0.29, 0.717) is 23.5 Å². The van der Waals surface area contributed by atoms with Crippen LogP contribution in [-0.2, 0) is 6.54 Å². The first-order chi connectivity index (χ1) is 13.6. The molecule has 0 saturated heterocycles. The van der Waals surface area contributed by atoms with Gasteiger partial charge < -0.3 is 5.32 Å². The molecule has 0 aliphatic rings. The van der Waals surface area contributed by atoms with Gasteiger partial charge in [0.05, 0.1) is 35.0 Å². The Morgan fingerprint density at radius 3 is 2.50 bits per heavy atom. The minimum absolute atomic E-state index is 0.224. The lowest BCUT2D eigenvalue weighted by Gasteiger charge is -2.06. The highest BCUT2D eigenvalue weighted by Crippen LogP contribution is 2.15. The van der Waals surface area contributed by atoms with E-state index in [1.54, 1.807) is 34.6 Å². The van der Waals surface area contributed by atoms with Gasteiger partial charge in [0, 0.05) is 18.3 Å². The van der Waals surface area contributed by atoms with Crippen molar-refractivity contribution in [2.24, 2.45) is 0 Å². The maximum atomic E-state index is 13.1. The van der Waals surface area contributed by atoms with Crippen LogP contribution in [0.15, 0.2) is 73.2 Å². The average molecular weight is 375 g/mol. The van der Waals surface area contributed by atoms with Gasteiger partial charge in [0.15, 0.2) is 0 Å². The minimum Gasteiger partial charge on any atom is -0.348 e. The van der Waals surface area contributed by atoms with Gasteiger partial charge in [0.1, 0.15) is 5.82 Å². The Morgan fingerprint density at radius 2 is 1.75 bits per heavy atom. The molecule has 6 nitrogen and oxygen atoms in total. The number of para-hydroxylation sites is 1. The first kappa shape index (κ1) is 17.7. The highest BCUT2D eigenvalue weighted by Gasteiger charge is 2.15. The summed E-state index contributed by atoms with van der Waals surface area (Å²) in [5.74, 6) is -0.541. The molecule has 0 fully saturated rings. The van der Waals surface area contributed by atoms with Crippen LogP contribution in [0.1, 0.15) is 21.6 Å². The first-order valence-electron chi connectivity index (χ1n) is 8.79. The van der Waals surface area contributed by atoms with Gasteiger partial charge in [-0.25, -0.2) is 13.8 Å². The molecule has 2 aromatic carbocycles. The fraction of sp³-hybridized carbons (Fsp3) is 0.0952. The molecule has 0 unspecified atom stereocenters. The zero-order valence-electron chi connectivity index (χ0n) is 15.2. The van der Waals surface area contributed by atoms with Crippen molar-refractivity contribution in [3.05, 3.63) is 95.8 Å². The van der Waals surface area contributed by atoms with Crippen LogP contribution in [0.5, 0.6) is 0 Å². The molecule has 2 aromatic heterocycles. The van der Waals surface area contributed by atoms with Crippen molar-refractivity contribution in [1.29, 1.82) is 0 Å². The summed E-state index contributed by atoms with van der Waals surface area (Å²) in [6.45, 7) is 2.16. The van der Waals surface area contributed by atoms with Crippen molar-refractivity contribution in [3.8, 4) is 11.4 Å². The standard InChI is InChI=1S/C21H18FN5O/c1-15-20(13-25-27(15)19-9-7-17(22)8-10-19)21(28)23-11-16-12-24-26(14-16)18-5-3-2-4-6-18/h2-10,12-14H,11H2,1H3,(H,23,28). The highest BCUT2D eigenvalue weighted by atomic mass is 19.1. The van der Waals surface area contributed by atoms with Gasteiger partial charge in [0.25, 0.3) is 5.91 Å². The van der Waals surface area contributed by atoms with Gasteiger partial charge in [-0.2, -0.15) is 10.2 Å². The van der Waals surface area contributed by atoms with Gasteiger partial charge in [-0.05, 0) is 43.3 Å². The molecular weight excluding hydrogens is 357 g/mol. The first-order valence-corrected chi connectivity index (χ1v) is 8.79. The van der Waals surface area contributed by atoms with Crippen molar-refractivity contribution in [1.82, 2.24) is 24.9 Å². The maximum Gasteiger partial charge on any atom is 0.255 e. The monoisotopic (exact) mass is 375 g/mol. The number of amides is 1. The largest absolute Gasteiger partial charge is 0.348 e. The molecular formula is C21H18FN5O. The third kappa shape index (κ3) is 3.55. The summed E-state index contributed by atoms with van der Waals surface area (Å²) in [6, 6.07) is 15.7. The van der Waals surface area contributed by atoms with E-state index in [9.17, 15) is 9.18 Å².